The van der Waals surface area contributed by atoms with Crippen molar-refractivity contribution in [3.63, 3.8) is 0 Å². The lowest BCUT2D eigenvalue weighted by molar-refractivity contribution is -0.146. The first-order chi connectivity index (χ1) is 8.49. The summed E-state index contributed by atoms with van der Waals surface area (Å²) in [7, 11) is -3.42. The zero-order valence-corrected chi connectivity index (χ0v) is 14.9. The molecular formula is C12H26O5Si2. The van der Waals surface area contributed by atoms with Gasteiger partial charge in [-0.25, -0.2) is 0 Å². The van der Waals surface area contributed by atoms with Gasteiger partial charge in [-0.15, -0.1) is 0 Å². The average molecular weight is 307 g/mol. The van der Waals surface area contributed by atoms with E-state index in [1.165, 1.54) is 0 Å². The van der Waals surface area contributed by atoms with Crippen LogP contribution < -0.4 is 0 Å². The quantitative estimate of drug-likeness (QED) is 0.509. The normalized spacial score (nSPS) is 12.1. The molecule has 5 nitrogen and oxygen atoms in total. The Kier molecular flexibility index (Phi) is 7.54. The molecule has 0 aliphatic heterocycles. The number of ether oxygens (including phenoxy) is 1. The van der Waals surface area contributed by atoms with Crippen LogP contribution in [-0.2, 0) is 23.2 Å². The molecule has 0 aromatic rings. The first-order valence-corrected chi connectivity index (χ1v) is 13.3. The molecule has 0 N–H and O–H groups in total. The highest BCUT2D eigenvalue weighted by Crippen LogP contribution is 2.05. The molecule has 0 spiro atoms. The van der Waals surface area contributed by atoms with E-state index in [0.29, 0.717) is 6.61 Å². The molecule has 112 valence electrons. The Bertz CT molecular complexity index is 304. The van der Waals surface area contributed by atoms with Crippen LogP contribution in [-0.4, -0.2) is 41.8 Å². The van der Waals surface area contributed by atoms with Crippen LogP contribution in [0.4, 0.5) is 0 Å². The minimum absolute atomic E-state index is 0.0785. The van der Waals surface area contributed by atoms with Crippen LogP contribution >= 0.6 is 0 Å². The predicted octanol–water partition coefficient (Wildman–Crippen LogP) is 2.54. The summed E-state index contributed by atoms with van der Waals surface area (Å²) in [5.41, 5.74) is 0. The van der Waals surface area contributed by atoms with Gasteiger partial charge < -0.3 is 13.6 Å². The standard InChI is InChI=1S/C12H26O5Si2/c1-18(2,3)16-10-8-11(13)15-9-7-12(14)17-19(4,5)6/h7-10H2,1-6H3. The largest absolute Gasteiger partial charge is 0.520 e. The van der Waals surface area contributed by atoms with E-state index in [1.54, 1.807) is 0 Å². The van der Waals surface area contributed by atoms with Crippen LogP contribution in [0.5, 0.6) is 0 Å². The second-order valence-electron chi connectivity index (χ2n) is 6.27. The van der Waals surface area contributed by atoms with Crippen LogP contribution in [0.15, 0.2) is 0 Å². The molecule has 0 aliphatic carbocycles. The van der Waals surface area contributed by atoms with Crippen molar-refractivity contribution < 1.29 is 23.2 Å². The van der Waals surface area contributed by atoms with E-state index in [4.69, 9.17) is 13.6 Å². The zero-order chi connectivity index (χ0) is 15.1. The van der Waals surface area contributed by atoms with E-state index in [0.717, 1.165) is 0 Å². The van der Waals surface area contributed by atoms with E-state index in [2.05, 4.69) is 19.6 Å². The molecule has 0 unspecified atom stereocenters. The Hall–Kier alpha value is -0.666. The molecule has 0 radical (unpaired) electrons. The SMILES string of the molecule is C[Si](C)(C)OCCC(=O)OCCC(=O)O[Si](C)(C)C. The molecule has 0 saturated heterocycles. The summed E-state index contributed by atoms with van der Waals surface area (Å²) in [5.74, 6) is -0.635. The van der Waals surface area contributed by atoms with Gasteiger partial charge in [0.1, 0.15) is 6.61 Å². The van der Waals surface area contributed by atoms with Gasteiger partial charge in [-0.1, -0.05) is 0 Å². The Morgan fingerprint density at radius 2 is 1.32 bits per heavy atom. The van der Waals surface area contributed by atoms with Gasteiger partial charge in [0.2, 0.25) is 8.32 Å². The van der Waals surface area contributed by atoms with Crippen LogP contribution in [0.2, 0.25) is 39.3 Å². The van der Waals surface area contributed by atoms with Crippen molar-refractivity contribution in [3.8, 4) is 0 Å². The summed E-state index contributed by atoms with van der Waals surface area (Å²) < 4.78 is 15.7. The Morgan fingerprint density at radius 1 is 0.789 bits per heavy atom. The van der Waals surface area contributed by atoms with Crippen LogP contribution in [0.25, 0.3) is 0 Å². The van der Waals surface area contributed by atoms with Crippen molar-refractivity contribution in [2.24, 2.45) is 0 Å². The number of hydrogen-bond donors (Lipinski definition) is 0. The zero-order valence-electron chi connectivity index (χ0n) is 12.9. The third-order valence-electron chi connectivity index (χ3n) is 1.83. The Balaban J connectivity index is 3.67. The molecule has 0 amide bonds. The van der Waals surface area contributed by atoms with Gasteiger partial charge in [-0.3, -0.25) is 9.59 Å². The van der Waals surface area contributed by atoms with E-state index >= 15 is 0 Å². The molecule has 0 aliphatic rings. The summed E-state index contributed by atoms with van der Waals surface area (Å²) in [5, 5.41) is 0. The van der Waals surface area contributed by atoms with Crippen molar-refractivity contribution in [1.82, 2.24) is 0 Å². The third-order valence-corrected chi connectivity index (χ3v) is 3.74. The van der Waals surface area contributed by atoms with Gasteiger partial charge in [0.15, 0.2) is 8.32 Å². The topological polar surface area (TPSA) is 61.8 Å². The van der Waals surface area contributed by atoms with Crippen molar-refractivity contribution >= 4 is 28.6 Å². The molecule has 0 aromatic heterocycles. The van der Waals surface area contributed by atoms with E-state index < -0.39 is 16.6 Å². The molecule has 0 atom stereocenters. The maximum absolute atomic E-state index is 11.4. The molecule has 0 saturated carbocycles. The minimum atomic E-state index is -1.84. The number of carbonyl (C=O) groups is 2. The van der Waals surface area contributed by atoms with Crippen molar-refractivity contribution in [3.05, 3.63) is 0 Å². The van der Waals surface area contributed by atoms with Crippen LogP contribution in [0, 0.1) is 0 Å². The minimum Gasteiger partial charge on any atom is -0.520 e. The van der Waals surface area contributed by atoms with Gasteiger partial charge in [-0.2, -0.15) is 0 Å². The summed E-state index contributed by atoms with van der Waals surface area (Å²) in [4.78, 5) is 22.8. The van der Waals surface area contributed by atoms with Crippen molar-refractivity contribution in [1.29, 1.82) is 0 Å². The molecule has 0 aromatic carbocycles. The third kappa shape index (κ3) is 13.6. The second-order valence-corrected chi connectivity index (χ2v) is 15.2. The maximum Gasteiger partial charge on any atom is 0.308 e. The predicted molar refractivity (Wildman–Crippen MR) is 78.9 cm³/mol. The first-order valence-electron chi connectivity index (χ1n) is 6.51. The van der Waals surface area contributed by atoms with Gasteiger partial charge in [0, 0.05) is 6.61 Å². The molecular weight excluding hydrogens is 280 g/mol. The summed E-state index contributed by atoms with van der Waals surface area (Å²) >= 11 is 0. The molecule has 0 fully saturated rings. The average Bonchev–Trinajstić information content (AvgIpc) is 2.12. The van der Waals surface area contributed by atoms with E-state index in [-0.39, 0.29) is 31.4 Å². The first kappa shape index (κ1) is 18.3. The fourth-order valence-electron chi connectivity index (χ4n) is 1.15. The highest BCUT2D eigenvalue weighted by molar-refractivity contribution is 6.71. The highest BCUT2D eigenvalue weighted by Gasteiger charge is 2.20. The molecule has 0 bridgehead atoms. The smallest absolute Gasteiger partial charge is 0.308 e. The monoisotopic (exact) mass is 306 g/mol. The van der Waals surface area contributed by atoms with Gasteiger partial charge in [-0.05, 0) is 39.3 Å². The number of carbonyl (C=O) groups excluding carboxylic acids is 2. The Labute approximate surface area is 117 Å². The summed E-state index contributed by atoms with van der Waals surface area (Å²) in [6.45, 7) is 12.4. The van der Waals surface area contributed by atoms with Crippen molar-refractivity contribution in [2.45, 2.75) is 52.1 Å². The van der Waals surface area contributed by atoms with Gasteiger partial charge >= 0.3 is 5.97 Å². The summed E-state index contributed by atoms with van der Waals surface area (Å²) in [6.07, 6.45) is 0.345. The fourth-order valence-corrected chi connectivity index (χ4v) is 2.65. The Morgan fingerprint density at radius 3 is 1.79 bits per heavy atom. The second kappa shape index (κ2) is 7.81. The highest BCUT2D eigenvalue weighted by atomic mass is 28.4. The number of rotatable bonds is 8. The molecule has 0 rings (SSSR count). The number of hydrogen-bond acceptors (Lipinski definition) is 5. The maximum atomic E-state index is 11.4. The van der Waals surface area contributed by atoms with E-state index in [1.807, 2.05) is 19.6 Å². The van der Waals surface area contributed by atoms with Crippen molar-refractivity contribution in [2.75, 3.05) is 13.2 Å². The lowest BCUT2D eigenvalue weighted by Crippen LogP contribution is -2.30. The van der Waals surface area contributed by atoms with Gasteiger partial charge in [0.25, 0.3) is 5.97 Å². The van der Waals surface area contributed by atoms with Gasteiger partial charge in [0.05, 0.1) is 12.8 Å². The lowest BCUT2D eigenvalue weighted by atomic mass is 10.4. The molecule has 0 heterocycles. The molecule has 7 heteroatoms. The molecule has 19 heavy (non-hydrogen) atoms. The fraction of sp³-hybridized carbons (Fsp3) is 0.833. The lowest BCUT2D eigenvalue weighted by Gasteiger charge is -2.17. The summed E-state index contributed by atoms with van der Waals surface area (Å²) in [6, 6.07) is 0. The van der Waals surface area contributed by atoms with Crippen LogP contribution in [0.3, 0.4) is 0 Å². The number of esters is 1. The van der Waals surface area contributed by atoms with Crippen LogP contribution in [0.1, 0.15) is 12.8 Å². The van der Waals surface area contributed by atoms with E-state index in [9.17, 15) is 9.59 Å².